The van der Waals surface area contributed by atoms with Crippen molar-refractivity contribution in [3.63, 3.8) is 0 Å². The molecule has 0 spiro atoms. The van der Waals surface area contributed by atoms with E-state index in [-0.39, 0.29) is 11.5 Å². The van der Waals surface area contributed by atoms with E-state index in [0.29, 0.717) is 6.54 Å². The maximum absolute atomic E-state index is 13.5. The fourth-order valence-electron chi connectivity index (χ4n) is 1.33. The number of carbonyl (C=O) groups is 1. The van der Waals surface area contributed by atoms with Crippen LogP contribution in [0.5, 0.6) is 0 Å². The Kier molecular flexibility index (Phi) is 4.80. The van der Waals surface area contributed by atoms with Gasteiger partial charge in [0.25, 0.3) is 5.91 Å². The van der Waals surface area contributed by atoms with Gasteiger partial charge in [0, 0.05) is 19.3 Å². The van der Waals surface area contributed by atoms with E-state index in [1.807, 2.05) is 6.26 Å². The molecular formula is C12H16FNOS. The third kappa shape index (κ3) is 3.23. The average molecular weight is 241 g/mol. The SMILES string of the molecule is CSCCN(C)C(=O)c1ccc(C)cc1F. The molecule has 0 saturated carbocycles. The summed E-state index contributed by atoms with van der Waals surface area (Å²) in [6.07, 6.45) is 1.98. The molecule has 0 N–H and O–H groups in total. The van der Waals surface area contributed by atoms with Crippen molar-refractivity contribution in [3.8, 4) is 0 Å². The smallest absolute Gasteiger partial charge is 0.256 e. The number of aryl methyl sites for hydroxylation is 1. The summed E-state index contributed by atoms with van der Waals surface area (Å²) in [6, 6.07) is 4.68. The fourth-order valence-corrected chi connectivity index (χ4v) is 1.79. The van der Waals surface area contributed by atoms with Crippen LogP contribution in [0.25, 0.3) is 0 Å². The predicted molar refractivity (Wildman–Crippen MR) is 66.5 cm³/mol. The van der Waals surface area contributed by atoms with Crippen LogP contribution in [-0.2, 0) is 0 Å². The highest BCUT2D eigenvalue weighted by Crippen LogP contribution is 2.12. The average Bonchev–Trinajstić information content (AvgIpc) is 2.25. The minimum atomic E-state index is -0.444. The third-order valence-corrected chi connectivity index (χ3v) is 2.92. The van der Waals surface area contributed by atoms with Crippen molar-refractivity contribution in [1.29, 1.82) is 0 Å². The number of benzene rings is 1. The second-order valence-corrected chi connectivity index (χ2v) is 4.69. The molecule has 0 unspecified atom stereocenters. The van der Waals surface area contributed by atoms with E-state index in [4.69, 9.17) is 0 Å². The molecule has 0 heterocycles. The van der Waals surface area contributed by atoms with E-state index in [9.17, 15) is 9.18 Å². The van der Waals surface area contributed by atoms with Gasteiger partial charge in [-0.25, -0.2) is 4.39 Å². The quantitative estimate of drug-likeness (QED) is 0.807. The second-order valence-electron chi connectivity index (χ2n) is 3.70. The number of nitrogens with zero attached hydrogens (tertiary/aromatic N) is 1. The first-order chi connectivity index (χ1) is 7.56. The first-order valence-corrected chi connectivity index (χ1v) is 6.46. The van der Waals surface area contributed by atoms with Crippen LogP contribution in [0.2, 0.25) is 0 Å². The Morgan fingerprint density at radius 2 is 2.19 bits per heavy atom. The van der Waals surface area contributed by atoms with E-state index in [2.05, 4.69) is 0 Å². The lowest BCUT2D eigenvalue weighted by molar-refractivity contribution is 0.0799. The van der Waals surface area contributed by atoms with Crippen molar-refractivity contribution in [2.24, 2.45) is 0 Å². The van der Waals surface area contributed by atoms with Crippen LogP contribution in [0.3, 0.4) is 0 Å². The van der Waals surface area contributed by atoms with Gasteiger partial charge in [0.1, 0.15) is 5.82 Å². The number of hydrogen-bond donors (Lipinski definition) is 0. The van der Waals surface area contributed by atoms with Gasteiger partial charge in [-0.05, 0) is 30.9 Å². The Bertz CT molecular complexity index is 381. The molecule has 1 aromatic rings. The van der Waals surface area contributed by atoms with Crippen molar-refractivity contribution in [1.82, 2.24) is 4.90 Å². The Labute approximate surface area is 99.8 Å². The molecule has 1 aromatic carbocycles. The minimum absolute atomic E-state index is 0.147. The van der Waals surface area contributed by atoms with Crippen molar-refractivity contribution in [3.05, 3.63) is 35.1 Å². The minimum Gasteiger partial charge on any atom is -0.341 e. The molecular weight excluding hydrogens is 225 g/mol. The van der Waals surface area contributed by atoms with Crippen molar-refractivity contribution < 1.29 is 9.18 Å². The van der Waals surface area contributed by atoms with Crippen molar-refractivity contribution >= 4 is 17.7 Å². The predicted octanol–water partition coefficient (Wildman–Crippen LogP) is 2.57. The second kappa shape index (κ2) is 5.89. The molecule has 4 heteroatoms. The summed E-state index contributed by atoms with van der Waals surface area (Å²) in [5.41, 5.74) is 0.968. The highest BCUT2D eigenvalue weighted by Gasteiger charge is 2.15. The first kappa shape index (κ1) is 13.0. The van der Waals surface area contributed by atoms with Gasteiger partial charge < -0.3 is 4.90 Å². The molecule has 0 aliphatic rings. The van der Waals surface area contributed by atoms with Gasteiger partial charge in [0.2, 0.25) is 0 Å². The molecule has 16 heavy (non-hydrogen) atoms. The van der Waals surface area contributed by atoms with Crippen LogP contribution >= 0.6 is 11.8 Å². The van der Waals surface area contributed by atoms with Gasteiger partial charge in [-0.1, -0.05) is 6.07 Å². The number of rotatable bonds is 4. The lowest BCUT2D eigenvalue weighted by Gasteiger charge is -2.16. The molecule has 2 nitrogen and oxygen atoms in total. The Hall–Kier alpha value is -1.03. The van der Waals surface area contributed by atoms with Crippen LogP contribution in [-0.4, -0.2) is 36.4 Å². The molecule has 0 radical (unpaired) electrons. The summed E-state index contributed by atoms with van der Waals surface area (Å²) in [6.45, 7) is 2.43. The zero-order valence-electron chi connectivity index (χ0n) is 9.79. The molecule has 0 saturated heterocycles. The number of amides is 1. The van der Waals surface area contributed by atoms with Crippen molar-refractivity contribution in [2.75, 3.05) is 25.6 Å². The normalized spacial score (nSPS) is 10.2. The monoisotopic (exact) mass is 241 g/mol. The maximum atomic E-state index is 13.5. The number of hydrogen-bond acceptors (Lipinski definition) is 2. The summed E-state index contributed by atoms with van der Waals surface area (Å²) >= 11 is 1.66. The van der Waals surface area contributed by atoms with Crippen LogP contribution in [0.1, 0.15) is 15.9 Å². The molecule has 0 aromatic heterocycles. The van der Waals surface area contributed by atoms with E-state index in [1.165, 1.54) is 6.07 Å². The molecule has 0 fully saturated rings. The number of thioether (sulfide) groups is 1. The van der Waals surface area contributed by atoms with Gasteiger partial charge in [-0.3, -0.25) is 4.79 Å². The van der Waals surface area contributed by atoms with Gasteiger partial charge in [0.15, 0.2) is 0 Å². The zero-order valence-corrected chi connectivity index (χ0v) is 10.6. The molecule has 0 atom stereocenters. The van der Waals surface area contributed by atoms with Crippen LogP contribution in [0.15, 0.2) is 18.2 Å². The van der Waals surface area contributed by atoms with Gasteiger partial charge in [0.05, 0.1) is 5.56 Å². The van der Waals surface area contributed by atoms with Crippen LogP contribution in [0.4, 0.5) is 4.39 Å². The molecule has 0 aliphatic heterocycles. The molecule has 88 valence electrons. The third-order valence-electron chi connectivity index (χ3n) is 2.33. The van der Waals surface area contributed by atoms with Crippen molar-refractivity contribution in [2.45, 2.75) is 6.92 Å². The standard InChI is InChI=1S/C12H16FNOS/c1-9-4-5-10(11(13)8-9)12(15)14(2)6-7-16-3/h4-5,8H,6-7H2,1-3H3. The summed E-state index contributed by atoms with van der Waals surface area (Å²) < 4.78 is 13.5. The van der Waals surface area contributed by atoms with Gasteiger partial charge in [-0.15, -0.1) is 0 Å². The van der Waals surface area contributed by atoms with Crippen LogP contribution in [0, 0.1) is 12.7 Å². The number of halogens is 1. The van der Waals surface area contributed by atoms with Gasteiger partial charge >= 0.3 is 0 Å². The molecule has 1 amide bonds. The zero-order chi connectivity index (χ0) is 12.1. The molecule has 0 bridgehead atoms. The summed E-state index contributed by atoms with van der Waals surface area (Å²) in [5, 5.41) is 0. The molecule has 0 aliphatic carbocycles. The highest BCUT2D eigenvalue weighted by atomic mass is 32.2. The lowest BCUT2D eigenvalue weighted by Crippen LogP contribution is -2.29. The largest absolute Gasteiger partial charge is 0.341 e. The first-order valence-electron chi connectivity index (χ1n) is 5.07. The lowest BCUT2D eigenvalue weighted by atomic mass is 10.1. The Balaban J connectivity index is 2.79. The van der Waals surface area contributed by atoms with Crippen LogP contribution < -0.4 is 0 Å². The van der Waals surface area contributed by atoms with E-state index >= 15 is 0 Å². The topological polar surface area (TPSA) is 20.3 Å². The highest BCUT2D eigenvalue weighted by molar-refractivity contribution is 7.98. The van der Waals surface area contributed by atoms with E-state index in [0.717, 1.165) is 11.3 Å². The number of carbonyl (C=O) groups excluding carboxylic acids is 1. The van der Waals surface area contributed by atoms with E-state index in [1.54, 1.807) is 42.8 Å². The molecule has 1 rings (SSSR count). The summed E-state index contributed by atoms with van der Waals surface area (Å²) in [7, 11) is 1.69. The Morgan fingerprint density at radius 3 is 2.75 bits per heavy atom. The Morgan fingerprint density at radius 1 is 1.50 bits per heavy atom. The van der Waals surface area contributed by atoms with E-state index < -0.39 is 5.82 Å². The summed E-state index contributed by atoms with van der Waals surface area (Å²) in [5.74, 6) is 0.156. The fraction of sp³-hybridized carbons (Fsp3) is 0.417. The maximum Gasteiger partial charge on any atom is 0.256 e. The summed E-state index contributed by atoms with van der Waals surface area (Å²) in [4.78, 5) is 13.4. The van der Waals surface area contributed by atoms with Gasteiger partial charge in [-0.2, -0.15) is 11.8 Å².